The van der Waals surface area contributed by atoms with Crippen LogP contribution in [0, 0.1) is 6.92 Å². The fourth-order valence-corrected chi connectivity index (χ4v) is 4.40. The number of aryl methyl sites for hydroxylation is 1. The number of carbonyl (C=O) groups is 1. The smallest absolute Gasteiger partial charge is 0.271 e. The van der Waals surface area contributed by atoms with Crippen molar-refractivity contribution in [3.05, 3.63) is 132 Å². The van der Waals surface area contributed by atoms with Crippen LogP contribution in [-0.4, -0.2) is 23.3 Å². The molecule has 0 fully saturated rings. The summed E-state index contributed by atoms with van der Waals surface area (Å²) in [5, 5.41) is 4.35. The minimum atomic E-state index is -0.253. The van der Waals surface area contributed by atoms with E-state index in [2.05, 4.69) is 57.6 Å². The van der Waals surface area contributed by atoms with Crippen LogP contribution >= 0.6 is 0 Å². The minimum Gasteiger partial charge on any atom is -0.494 e. The van der Waals surface area contributed by atoms with Crippen molar-refractivity contribution in [3.63, 3.8) is 0 Å². The number of amides is 1. The Bertz CT molecular complexity index is 1540. The maximum Gasteiger partial charge on any atom is 0.271 e. The molecule has 1 N–H and O–H groups in total. The Kier molecular flexibility index (Phi) is 7.46. The molecule has 0 atom stereocenters. The molecule has 0 saturated carbocycles. The van der Waals surface area contributed by atoms with Crippen molar-refractivity contribution < 1.29 is 9.53 Å². The van der Waals surface area contributed by atoms with E-state index >= 15 is 0 Å². The van der Waals surface area contributed by atoms with Crippen LogP contribution in [0.15, 0.2) is 120 Å². The van der Waals surface area contributed by atoms with Crippen LogP contribution in [0.5, 0.6) is 5.75 Å². The second kappa shape index (κ2) is 11.4. The van der Waals surface area contributed by atoms with E-state index in [9.17, 15) is 4.79 Å². The second-order valence-corrected chi connectivity index (χ2v) is 8.89. The van der Waals surface area contributed by atoms with Gasteiger partial charge >= 0.3 is 0 Å². The normalized spacial score (nSPS) is 11.0. The van der Waals surface area contributed by atoms with Crippen LogP contribution in [0.1, 0.15) is 28.4 Å². The monoisotopic (exact) mass is 499 g/mol. The van der Waals surface area contributed by atoms with E-state index in [1.807, 2.05) is 74.5 Å². The Labute approximate surface area is 223 Å². The third-order valence-corrected chi connectivity index (χ3v) is 6.24. The van der Waals surface area contributed by atoms with Gasteiger partial charge in [-0.3, -0.25) is 4.79 Å². The maximum atomic E-state index is 12.7. The summed E-state index contributed by atoms with van der Waals surface area (Å²) in [6.45, 7) is 4.58. The lowest BCUT2D eigenvalue weighted by Crippen LogP contribution is -2.17. The highest BCUT2D eigenvalue weighted by Crippen LogP contribution is 2.35. The largest absolute Gasteiger partial charge is 0.494 e. The molecular weight excluding hydrogens is 470 g/mol. The first-order valence-corrected chi connectivity index (χ1v) is 12.6. The highest BCUT2D eigenvalue weighted by atomic mass is 16.5. The van der Waals surface area contributed by atoms with E-state index in [-0.39, 0.29) is 5.91 Å². The molecule has 188 valence electrons. The molecule has 38 heavy (non-hydrogen) atoms. The molecule has 1 aromatic heterocycles. The van der Waals surface area contributed by atoms with E-state index in [0.717, 1.165) is 45.1 Å². The van der Waals surface area contributed by atoms with Gasteiger partial charge in [-0.15, -0.1) is 0 Å². The summed E-state index contributed by atoms with van der Waals surface area (Å²) in [5.41, 5.74) is 10.3. The number of nitrogens with zero attached hydrogens (tertiary/aromatic N) is 2. The van der Waals surface area contributed by atoms with Gasteiger partial charge in [0.2, 0.25) is 0 Å². The van der Waals surface area contributed by atoms with Gasteiger partial charge in [-0.25, -0.2) is 5.43 Å². The number of hydrogen-bond acceptors (Lipinski definition) is 3. The van der Waals surface area contributed by atoms with Crippen LogP contribution in [0.2, 0.25) is 0 Å². The average Bonchev–Trinajstić information content (AvgIpc) is 3.34. The third-order valence-electron chi connectivity index (χ3n) is 6.24. The minimum absolute atomic E-state index is 0.253. The molecule has 0 spiro atoms. The van der Waals surface area contributed by atoms with E-state index in [4.69, 9.17) is 4.74 Å². The molecule has 1 amide bonds. The van der Waals surface area contributed by atoms with Crippen molar-refractivity contribution in [1.29, 1.82) is 0 Å². The van der Waals surface area contributed by atoms with Crippen molar-refractivity contribution in [2.24, 2.45) is 5.10 Å². The van der Waals surface area contributed by atoms with Crippen molar-refractivity contribution in [1.82, 2.24) is 9.99 Å². The van der Waals surface area contributed by atoms with Crippen molar-refractivity contribution in [3.8, 4) is 34.0 Å². The Hall–Kier alpha value is -4.90. The lowest BCUT2D eigenvalue weighted by Gasteiger charge is -2.15. The zero-order valence-corrected chi connectivity index (χ0v) is 21.5. The quantitative estimate of drug-likeness (QED) is 0.180. The first-order chi connectivity index (χ1) is 18.6. The molecule has 0 saturated heterocycles. The number of hydrogen-bond donors (Lipinski definition) is 1. The van der Waals surface area contributed by atoms with Crippen LogP contribution in [0.25, 0.3) is 28.2 Å². The molecule has 0 aliphatic rings. The first-order valence-electron chi connectivity index (χ1n) is 12.6. The first kappa shape index (κ1) is 24.8. The van der Waals surface area contributed by atoms with Crippen LogP contribution < -0.4 is 10.2 Å². The summed E-state index contributed by atoms with van der Waals surface area (Å²) in [6.07, 6.45) is 1.71. The highest BCUT2D eigenvalue weighted by Gasteiger charge is 2.19. The molecule has 0 aliphatic heterocycles. The van der Waals surface area contributed by atoms with Crippen LogP contribution in [0.3, 0.4) is 0 Å². The molecule has 0 unspecified atom stereocenters. The number of nitrogens with one attached hydrogen (secondary N) is 1. The van der Waals surface area contributed by atoms with E-state index in [0.29, 0.717) is 12.2 Å². The molecule has 5 rings (SSSR count). The van der Waals surface area contributed by atoms with Crippen molar-refractivity contribution in [2.45, 2.75) is 13.8 Å². The number of rotatable bonds is 8. The van der Waals surface area contributed by atoms with Crippen molar-refractivity contribution in [2.75, 3.05) is 6.61 Å². The summed E-state index contributed by atoms with van der Waals surface area (Å²) in [6, 6.07) is 38.1. The Balaban J connectivity index is 1.61. The van der Waals surface area contributed by atoms with Gasteiger partial charge < -0.3 is 9.30 Å². The number of ether oxygens (including phenoxy) is 1. The SMILES string of the molecule is CCOc1ccc(-n2c(-c3ccccc3)cc(/C=N\NC(=O)c3ccc(C)cc3)c2-c2ccccc2)cc1. The van der Waals surface area contributed by atoms with Crippen LogP contribution in [-0.2, 0) is 0 Å². The van der Waals surface area contributed by atoms with Gasteiger partial charge in [-0.1, -0.05) is 78.4 Å². The molecule has 0 radical (unpaired) electrons. The molecule has 5 heteroatoms. The molecule has 0 aliphatic carbocycles. The highest BCUT2D eigenvalue weighted by molar-refractivity contribution is 5.97. The molecule has 4 aromatic carbocycles. The molecule has 0 bridgehead atoms. The maximum absolute atomic E-state index is 12.7. The lowest BCUT2D eigenvalue weighted by molar-refractivity contribution is 0.0955. The predicted molar refractivity (Wildman–Crippen MR) is 154 cm³/mol. The lowest BCUT2D eigenvalue weighted by atomic mass is 10.1. The topological polar surface area (TPSA) is 55.6 Å². The fourth-order valence-electron chi connectivity index (χ4n) is 4.40. The zero-order valence-electron chi connectivity index (χ0n) is 21.5. The van der Waals surface area contributed by atoms with Crippen molar-refractivity contribution >= 4 is 12.1 Å². The summed E-state index contributed by atoms with van der Waals surface area (Å²) < 4.78 is 7.91. The van der Waals surface area contributed by atoms with E-state index in [1.54, 1.807) is 18.3 Å². The second-order valence-electron chi connectivity index (χ2n) is 8.89. The van der Waals surface area contributed by atoms with Gasteiger partial charge in [0.05, 0.1) is 24.2 Å². The average molecular weight is 500 g/mol. The standard InChI is InChI=1S/C33H29N3O2/c1-3-38-30-20-18-29(19-21-30)36-31(25-10-6-4-7-11-25)22-28(32(36)26-12-8-5-9-13-26)23-34-35-33(37)27-16-14-24(2)15-17-27/h4-23H,3H2,1-2H3,(H,35,37)/b34-23-. The van der Waals surface area contributed by atoms with Gasteiger partial charge in [0, 0.05) is 16.8 Å². The van der Waals surface area contributed by atoms with E-state index < -0.39 is 0 Å². The molecule has 5 nitrogen and oxygen atoms in total. The summed E-state index contributed by atoms with van der Waals surface area (Å²) in [7, 11) is 0. The van der Waals surface area contributed by atoms with Gasteiger partial charge in [0.1, 0.15) is 5.75 Å². The van der Waals surface area contributed by atoms with Gasteiger partial charge in [0.15, 0.2) is 0 Å². The number of carbonyl (C=O) groups excluding carboxylic acids is 1. The van der Waals surface area contributed by atoms with Gasteiger partial charge in [-0.2, -0.15) is 5.10 Å². The molecule has 1 heterocycles. The summed E-state index contributed by atoms with van der Waals surface area (Å²) in [5.74, 6) is 0.572. The van der Waals surface area contributed by atoms with E-state index in [1.165, 1.54) is 0 Å². The van der Waals surface area contributed by atoms with Gasteiger partial charge in [0.25, 0.3) is 5.91 Å². The Morgan fingerprint density at radius 1 is 0.842 bits per heavy atom. The number of benzene rings is 4. The predicted octanol–water partition coefficient (Wildman–Crippen LogP) is 7.28. The van der Waals surface area contributed by atoms with Crippen LogP contribution in [0.4, 0.5) is 0 Å². The summed E-state index contributed by atoms with van der Waals surface area (Å²) >= 11 is 0. The number of aromatic nitrogens is 1. The zero-order chi connectivity index (χ0) is 26.3. The Morgan fingerprint density at radius 3 is 2.11 bits per heavy atom. The Morgan fingerprint density at radius 2 is 1.47 bits per heavy atom. The summed E-state index contributed by atoms with van der Waals surface area (Å²) in [4.78, 5) is 12.7. The van der Waals surface area contributed by atoms with Gasteiger partial charge in [-0.05, 0) is 67.4 Å². The number of hydrazone groups is 1. The molecular formula is C33H29N3O2. The molecule has 5 aromatic rings. The fraction of sp³-hybridized carbons (Fsp3) is 0.0909. The third kappa shape index (κ3) is 5.42.